The van der Waals surface area contributed by atoms with E-state index >= 15 is 0 Å². The van der Waals surface area contributed by atoms with Crippen LogP contribution in [0.4, 0.5) is 4.79 Å². The first kappa shape index (κ1) is 26.5. The zero-order valence-corrected chi connectivity index (χ0v) is 23.1. The van der Waals surface area contributed by atoms with Gasteiger partial charge in [0, 0.05) is 18.7 Å². The minimum Gasteiger partial charge on any atom is -0.449 e. The topological polar surface area (TPSA) is 69.7 Å². The Hall–Kier alpha value is -3.13. The number of carbonyl (C=O) groups is 1. The number of pyridine rings is 1. The molecule has 0 saturated carbocycles. The molecule has 1 fully saturated rings. The molecule has 0 spiro atoms. The third-order valence-electron chi connectivity index (χ3n) is 7.80. The van der Waals surface area contributed by atoms with E-state index in [9.17, 15) is 4.79 Å². The van der Waals surface area contributed by atoms with Crippen LogP contribution in [0.15, 0.2) is 66.3 Å². The lowest BCUT2D eigenvalue weighted by Gasteiger charge is -2.32. The number of halogens is 1. The van der Waals surface area contributed by atoms with Gasteiger partial charge in [0.05, 0.1) is 11.2 Å². The number of hydrogen-bond donors (Lipinski definition) is 1. The predicted molar refractivity (Wildman–Crippen MR) is 151 cm³/mol. The van der Waals surface area contributed by atoms with Gasteiger partial charge in [-0.2, -0.15) is 0 Å². The first-order valence-corrected chi connectivity index (χ1v) is 13.2. The van der Waals surface area contributed by atoms with E-state index in [0.717, 1.165) is 16.6 Å². The molecule has 2 aromatic carbocycles. The van der Waals surface area contributed by atoms with E-state index in [-0.39, 0.29) is 19.1 Å². The van der Waals surface area contributed by atoms with Crippen LogP contribution in [0.25, 0.3) is 17.2 Å². The molecule has 1 aromatic heterocycles. The van der Waals surface area contributed by atoms with E-state index in [1.54, 1.807) is 12.3 Å². The van der Waals surface area contributed by atoms with Gasteiger partial charge in [-0.05, 0) is 79.5 Å². The van der Waals surface area contributed by atoms with Crippen LogP contribution in [0.3, 0.4) is 0 Å². The summed E-state index contributed by atoms with van der Waals surface area (Å²) in [6, 6.07) is 18.3. The smallest absolute Gasteiger partial charge is 0.449 e. The molecular formula is C30H32BClN2O4. The van der Waals surface area contributed by atoms with Gasteiger partial charge in [0.1, 0.15) is 11.8 Å². The zero-order chi connectivity index (χ0) is 27.1. The number of ether oxygens (including phenoxy) is 1. The molecule has 1 saturated heterocycles. The van der Waals surface area contributed by atoms with Crippen LogP contribution < -0.4 is 5.32 Å². The quantitative estimate of drug-likeness (QED) is 0.287. The SMILES string of the molecule is Cc1cc(Cl)ncc1C=C(CNC(=O)OCC1c2ccccc2-c2ccccc21)B1OC(C)(C)C(C)(C)O1. The highest BCUT2D eigenvalue weighted by atomic mass is 35.5. The second-order valence-corrected chi connectivity index (χ2v) is 11.2. The highest BCUT2D eigenvalue weighted by Crippen LogP contribution is 2.44. The van der Waals surface area contributed by atoms with Gasteiger partial charge in [-0.15, -0.1) is 0 Å². The summed E-state index contributed by atoms with van der Waals surface area (Å²) in [5.41, 5.74) is 6.26. The summed E-state index contributed by atoms with van der Waals surface area (Å²) in [6.07, 6.45) is 3.14. The molecule has 5 rings (SSSR count). The van der Waals surface area contributed by atoms with Gasteiger partial charge in [-0.3, -0.25) is 0 Å². The second-order valence-electron chi connectivity index (χ2n) is 10.9. The van der Waals surface area contributed by atoms with E-state index in [0.29, 0.717) is 5.15 Å². The number of rotatable bonds is 6. The molecular weight excluding hydrogens is 499 g/mol. The van der Waals surface area contributed by atoms with Crippen LogP contribution >= 0.6 is 11.6 Å². The van der Waals surface area contributed by atoms with Crippen molar-refractivity contribution in [2.75, 3.05) is 13.2 Å². The summed E-state index contributed by atoms with van der Waals surface area (Å²) in [6.45, 7) is 10.4. The van der Waals surface area contributed by atoms with Crippen LogP contribution in [0.2, 0.25) is 5.15 Å². The van der Waals surface area contributed by atoms with Crippen molar-refractivity contribution in [3.63, 3.8) is 0 Å². The summed E-state index contributed by atoms with van der Waals surface area (Å²) >= 11 is 6.06. The average molecular weight is 531 g/mol. The number of benzene rings is 2. The average Bonchev–Trinajstić information content (AvgIpc) is 3.30. The first-order valence-electron chi connectivity index (χ1n) is 12.8. The molecule has 38 heavy (non-hydrogen) atoms. The molecule has 3 aromatic rings. The standard InChI is InChI=1S/C30H32BClN2O4/c1-19-14-27(32)33-16-20(19)15-21(31-37-29(2,3)30(4,5)38-31)17-34-28(35)36-18-26-24-12-8-6-10-22(24)23-11-7-9-13-25(23)26/h6-16,26H,17-18H2,1-5H3,(H,34,35). The Morgan fingerprint density at radius 3 is 2.21 bits per heavy atom. The summed E-state index contributed by atoms with van der Waals surface area (Å²) < 4.78 is 18.3. The van der Waals surface area contributed by atoms with Gasteiger partial charge in [-0.25, -0.2) is 9.78 Å². The maximum atomic E-state index is 12.9. The summed E-state index contributed by atoms with van der Waals surface area (Å²) in [5.74, 6) is -0.00551. The van der Waals surface area contributed by atoms with Crippen molar-refractivity contribution in [1.29, 1.82) is 0 Å². The molecule has 8 heteroatoms. The van der Waals surface area contributed by atoms with E-state index in [4.69, 9.17) is 25.6 Å². The molecule has 0 unspecified atom stereocenters. The minimum atomic E-state index is -0.635. The number of aryl methyl sites for hydroxylation is 1. The minimum absolute atomic E-state index is 0.00551. The third kappa shape index (κ3) is 5.11. The Balaban J connectivity index is 1.31. The zero-order valence-electron chi connectivity index (χ0n) is 22.4. The van der Waals surface area contributed by atoms with Gasteiger partial charge in [-0.1, -0.05) is 66.2 Å². The van der Waals surface area contributed by atoms with E-state index in [1.807, 2.05) is 65.0 Å². The van der Waals surface area contributed by atoms with Crippen molar-refractivity contribution in [2.45, 2.75) is 51.7 Å². The number of amides is 1. The molecule has 1 amide bonds. The molecule has 1 N–H and O–H groups in total. The summed E-state index contributed by atoms with van der Waals surface area (Å²) in [5, 5.41) is 3.33. The van der Waals surface area contributed by atoms with Crippen LogP contribution in [0.1, 0.15) is 55.9 Å². The molecule has 0 radical (unpaired) electrons. The lowest BCUT2D eigenvalue weighted by Crippen LogP contribution is -2.41. The predicted octanol–water partition coefficient (Wildman–Crippen LogP) is 6.60. The molecule has 1 aliphatic carbocycles. The highest BCUT2D eigenvalue weighted by Gasteiger charge is 2.52. The number of fused-ring (bicyclic) bond motifs is 3. The lowest BCUT2D eigenvalue weighted by atomic mass is 9.77. The second kappa shape index (κ2) is 10.2. The van der Waals surface area contributed by atoms with Gasteiger partial charge in [0.15, 0.2) is 0 Å². The number of alkyl carbamates (subject to hydrolysis) is 1. The maximum absolute atomic E-state index is 12.9. The highest BCUT2D eigenvalue weighted by molar-refractivity contribution is 6.56. The Bertz CT molecular complexity index is 1340. The molecule has 0 atom stereocenters. The number of hydrogen-bond acceptors (Lipinski definition) is 5. The fraction of sp³-hybridized carbons (Fsp3) is 0.333. The van der Waals surface area contributed by atoms with Crippen molar-refractivity contribution in [3.8, 4) is 11.1 Å². The van der Waals surface area contributed by atoms with E-state index in [1.165, 1.54) is 22.3 Å². The summed E-state index contributed by atoms with van der Waals surface area (Å²) in [4.78, 5) is 17.1. The van der Waals surface area contributed by atoms with Crippen molar-refractivity contribution in [1.82, 2.24) is 10.3 Å². The third-order valence-corrected chi connectivity index (χ3v) is 8.00. The van der Waals surface area contributed by atoms with Gasteiger partial charge in [0.25, 0.3) is 0 Å². The molecule has 2 aliphatic rings. The molecule has 196 valence electrons. The Kier molecular flexibility index (Phi) is 7.12. The fourth-order valence-corrected chi connectivity index (χ4v) is 5.12. The lowest BCUT2D eigenvalue weighted by molar-refractivity contribution is 0.00578. The van der Waals surface area contributed by atoms with Crippen molar-refractivity contribution in [3.05, 3.63) is 93.7 Å². The largest absolute Gasteiger partial charge is 0.492 e. The van der Waals surface area contributed by atoms with Crippen molar-refractivity contribution in [2.24, 2.45) is 0 Å². The van der Waals surface area contributed by atoms with Gasteiger partial charge >= 0.3 is 13.2 Å². The Morgan fingerprint density at radius 1 is 1.05 bits per heavy atom. The van der Waals surface area contributed by atoms with E-state index in [2.05, 4.69) is 34.6 Å². The first-order chi connectivity index (χ1) is 18.1. The van der Waals surface area contributed by atoms with Crippen LogP contribution in [0, 0.1) is 6.92 Å². The number of nitrogens with zero attached hydrogens (tertiary/aromatic N) is 1. The van der Waals surface area contributed by atoms with Crippen LogP contribution in [-0.2, 0) is 14.0 Å². The summed E-state index contributed by atoms with van der Waals surface area (Å²) in [7, 11) is -0.635. The monoisotopic (exact) mass is 530 g/mol. The number of aromatic nitrogens is 1. The molecule has 2 heterocycles. The van der Waals surface area contributed by atoms with Crippen molar-refractivity contribution >= 4 is 30.9 Å². The van der Waals surface area contributed by atoms with Crippen molar-refractivity contribution < 1.29 is 18.8 Å². The van der Waals surface area contributed by atoms with Crippen LogP contribution in [-0.4, -0.2) is 42.5 Å². The van der Waals surface area contributed by atoms with Gasteiger partial charge in [0.2, 0.25) is 0 Å². The Morgan fingerprint density at radius 2 is 1.63 bits per heavy atom. The molecule has 6 nitrogen and oxygen atoms in total. The van der Waals surface area contributed by atoms with Gasteiger partial charge < -0.3 is 19.4 Å². The van der Waals surface area contributed by atoms with E-state index < -0.39 is 24.4 Å². The maximum Gasteiger partial charge on any atom is 0.492 e. The molecule has 1 aliphatic heterocycles. The number of carbonyl (C=O) groups excluding carboxylic acids is 1. The van der Waals surface area contributed by atoms with Crippen LogP contribution in [0.5, 0.6) is 0 Å². The number of nitrogens with one attached hydrogen (secondary N) is 1. The fourth-order valence-electron chi connectivity index (χ4n) is 4.90. The Labute approximate surface area is 229 Å². The molecule has 0 bridgehead atoms. The normalized spacial score (nSPS) is 17.7.